The van der Waals surface area contributed by atoms with Crippen molar-refractivity contribution in [2.75, 3.05) is 6.54 Å². The number of hydrogen-bond acceptors (Lipinski definition) is 4. The van der Waals surface area contributed by atoms with Gasteiger partial charge >= 0.3 is 0 Å². The maximum absolute atomic E-state index is 6.26. The summed E-state index contributed by atoms with van der Waals surface area (Å²) in [4.78, 5) is 4.54. The van der Waals surface area contributed by atoms with Gasteiger partial charge in [-0.3, -0.25) is 4.99 Å². The molecule has 2 heterocycles. The van der Waals surface area contributed by atoms with Gasteiger partial charge in [0.05, 0.1) is 15.1 Å². The molecule has 96 valence electrons. The molecule has 0 radical (unpaired) electrons. The highest BCUT2D eigenvalue weighted by Crippen LogP contribution is 2.38. The van der Waals surface area contributed by atoms with Crippen molar-refractivity contribution in [3.8, 4) is 5.06 Å². The van der Waals surface area contributed by atoms with Crippen molar-refractivity contribution in [2.24, 2.45) is 4.99 Å². The molecule has 0 saturated heterocycles. The molecular formula is C13H7BrClNOS2. The molecule has 19 heavy (non-hydrogen) atoms. The zero-order chi connectivity index (χ0) is 13.4. The maximum atomic E-state index is 6.26. The molecule has 1 aromatic heterocycles. The molecule has 2 nitrogen and oxygen atoms in total. The second-order valence-corrected chi connectivity index (χ2v) is 7.13. The number of ether oxygens (including phenoxy) is 1. The number of rotatable bonds is 1. The number of fused-ring (bicyclic) bond motifs is 1. The van der Waals surface area contributed by atoms with E-state index in [0.29, 0.717) is 16.6 Å². The van der Waals surface area contributed by atoms with Crippen molar-refractivity contribution in [1.82, 2.24) is 0 Å². The van der Waals surface area contributed by atoms with E-state index in [4.69, 9.17) is 28.6 Å². The van der Waals surface area contributed by atoms with Crippen LogP contribution in [0.25, 0.3) is 0 Å². The van der Waals surface area contributed by atoms with E-state index < -0.39 is 0 Å². The molecule has 0 aliphatic carbocycles. The summed E-state index contributed by atoms with van der Waals surface area (Å²) in [5, 5.41) is 1.90. The van der Waals surface area contributed by atoms with E-state index in [9.17, 15) is 0 Å². The zero-order valence-corrected chi connectivity index (χ0v) is 13.5. The van der Waals surface area contributed by atoms with Crippen molar-refractivity contribution in [1.29, 1.82) is 0 Å². The summed E-state index contributed by atoms with van der Waals surface area (Å²) in [5.74, 6) is 0. The van der Waals surface area contributed by atoms with Crippen molar-refractivity contribution in [3.63, 3.8) is 0 Å². The number of thiocarbonyl (C=S) groups is 1. The summed E-state index contributed by atoms with van der Waals surface area (Å²) < 4.78 is 6.61. The number of aliphatic imine (C=N–C) groups is 1. The molecule has 0 amide bonds. The van der Waals surface area contributed by atoms with Crippen LogP contribution in [0.1, 0.15) is 11.1 Å². The lowest BCUT2D eigenvalue weighted by molar-refractivity contribution is 0.573. The van der Waals surface area contributed by atoms with E-state index in [2.05, 4.69) is 20.9 Å². The molecular weight excluding hydrogens is 366 g/mol. The number of nitrogens with zero attached hydrogens (tertiary/aromatic N) is 1. The largest absolute Gasteiger partial charge is 0.437 e. The Bertz CT molecular complexity index is 696. The average Bonchev–Trinajstić information content (AvgIpc) is 2.65. The smallest absolute Gasteiger partial charge is 0.192 e. The second-order valence-electron chi connectivity index (χ2n) is 3.87. The molecule has 1 aromatic carbocycles. The second kappa shape index (κ2) is 5.32. The molecule has 0 spiro atoms. The number of benzene rings is 1. The van der Waals surface area contributed by atoms with Crippen molar-refractivity contribution < 1.29 is 4.74 Å². The fraction of sp³-hybridized carbons (Fsp3) is 0.0769. The van der Waals surface area contributed by atoms with Gasteiger partial charge < -0.3 is 4.74 Å². The van der Waals surface area contributed by atoms with Gasteiger partial charge in [-0.05, 0) is 40.3 Å². The maximum Gasteiger partial charge on any atom is 0.192 e. The van der Waals surface area contributed by atoms with Gasteiger partial charge in [-0.1, -0.05) is 41.1 Å². The Hall–Kier alpha value is -0.750. The van der Waals surface area contributed by atoms with Gasteiger partial charge in [0.1, 0.15) is 6.54 Å². The van der Waals surface area contributed by atoms with Gasteiger partial charge in [0.15, 0.2) is 10.1 Å². The Morgan fingerprint density at radius 3 is 2.89 bits per heavy atom. The fourth-order valence-corrected chi connectivity index (χ4v) is 3.69. The van der Waals surface area contributed by atoms with Gasteiger partial charge in [0.25, 0.3) is 0 Å². The predicted molar refractivity (Wildman–Crippen MR) is 87.2 cm³/mol. The van der Waals surface area contributed by atoms with Gasteiger partial charge in [0, 0.05) is 10.6 Å². The third kappa shape index (κ3) is 2.60. The van der Waals surface area contributed by atoms with Crippen LogP contribution in [0.2, 0.25) is 5.02 Å². The molecule has 0 bridgehead atoms. The first kappa shape index (κ1) is 13.2. The first-order valence-electron chi connectivity index (χ1n) is 5.45. The van der Waals surface area contributed by atoms with Crippen LogP contribution in [0.5, 0.6) is 5.06 Å². The van der Waals surface area contributed by atoms with Crippen LogP contribution < -0.4 is 4.74 Å². The Labute approximate surface area is 133 Å². The van der Waals surface area contributed by atoms with Crippen LogP contribution in [0.4, 0.5) is 0 Å². The summed E-state index contributed by atoms with van der Waals surface area (Å²) in [7, 11) is 0. The van der Waals surface area contributed by atoms with E-state index in [-0.39, 0.29) is 0 Å². The van der Waals surface area contributed by atoms with Crippen LogP contribution in [-0.4, -0.2) is 17.3 Å². The van der Waals surface area contributed by atoms with E-state index in [1.54, 1.807) is 0 Å². The van der Waals surface area contributed by atoms with Gasteiger partial charge in [-0.15, -0.1) is 0 Å². The first-order valence-corrected chi connectivity index (χ1v) is 7.84. The quantitative estimate of drug-likeness (QED) is 0.675. The minimum Gasteiger partial charge on any atom is -0.437 e. The van der Waals surface area contributed by atoms with Crippen LogP contribution in [0.3, 0.4) is 0 Å². The Morgan fingerprint density at radius 1 is 1.32 bits per heavy atom. The molecule has 1 aliphatic heterocycles. The van der Waals surface area contributed by atoms with E-state index in [1.165, 1.54) is 11.3 Å². The summed E-state index contributed by atoms with van der Waals surface area (Å²) in [6.45, 7) is 0.370. The normalized spacial score (nSPS) is 14.4. The molecule has 2 aromatic rings. The first-order chi connectivity index (χ1) is 9.15. The zero-order valence-electron chi connectivity index (χ0n) is 9.52. The highest BCUT2D eigenvalue weighted by Gasteiger charge is 2.22. The Kier molecular flexibility index (Phi) is 3.71. The highest BCUT2D eigenvalue weighted by molar-refractivity contribution is 9.11. The fourth-order valence-electron chi connectivity index (χ4n) is 1.83. The Morgan fingerprint density at radius 2 is 2.11 bits per heavy atom. The highest BCUT2D eigenvalue weighted by atomic mass is 79.9. The predicted octanol–water partition coefficient (Wildman–Crippen LogP) is 4.72. The summed E-state index contributed by atoms with van der Waals surface area (Å²) in [5.41, 5.74) is 2.64. The van der Waals surface area contributed by atoms with Crippen LogP contribution in [0.15, 0.2) is 39.1 Å². The molecule has 1 aliphatic rings. The third-order valence-electron chi connectivity index (χ3n) is 2.62. The number of hydrogen-bond donors (Lipinski definition) is 0. The van der Waals surface area contributed by atoms with Gasteiger partial charge in [0.2, 0.25) is 0 Å². The van der Waals surface area contributed by atoms with Crippen LogP contribution >= 0.6 is 51.1 Å². The molecule has 3 rings (SSSR count). The lowest BCUT2D eigenvalue weighted by Gasteiger charge is -2.06. The minimum absolute atomic E-state index is 0.370. The van der Waals surface area contributed by atoms with Crippen molar-refractivity contribution in [3.05, 3.63) is 50.3 Å². The molecule has 0 unspecified atom stereocenters. The molecule has 0 saturated carbocycles. The molecule has 0 atom stereocenters. The lowest BCUT2D eigenvalue weighted by atomic mass is 10.0. The monoisotopic (exact) mass is 371 g/mol. The molecule has 0 fully saturated rings. The Balaban J connectivity index is 2.20. The summed E-state index contributed by atoms with van der Waals surface area (Å²) in [6.07, 6.45) is 0. The van der Waals surface area contributed by atoms with Crippen LogP contribution in [0, 0.1) is 0 Å². The van der Waals surface area contributed by atoms with E-state index in [1.807, 2.05) is 30.3 Å². The molecule has 6 heteroatoms. The van der Waals surface area contributed by atoms with E-state index in [0.717, 1.165) is 25.7 Å². The summed E-state index contributed by atoms with van der Waals surface area (Å²) in [6, 6.07) is 9.62. The third-order valence-corrected chi connectivity index (χ3v) is 4.68. The summed E-state index contributed by atoms with van der Waals surface area (Å²) >= 11 is 16.4. The SMILES string of the molecule is S=C1CN=C(c2ccccc2Cl)c2cc(Br)sc2O1. The number of halogens is 2. The topological polar surface area (TPSA) is 21.6 Å². The van der Waals surface area contributed by atoms with Gasteiger partial charge in [-0.2, -0.15) is 0 Å². The minimum atomic E-state index is 0.370. The lowest BCUT2D eigenvalue weighted by Crippen LogP contribution is -2.06. The van der Waals surface area contributed by atoms with Crippen molar-refractivity contribution >= 4 is 61.8 Å². The average molecular weight is 373 g/mol. The van der Waals surface area contributed by atoms with E-state index >= 15 is 0 Å². The van der Waals surface area contributed by atoms with Gasteiger partial charge in [-0.25, -0.2) is 0 Å². The van der Waals surface area contributed by atoms with Crippen molar-refractivity contribution in [2.45, 2.75) is 0 Å². The number of thiophene rings is 1. The molecule has 0 N–H and O–H groups in total. The standard InChI is InChI=1S/C13H7BrClNOS2/c14-10-5-8-12(7-3-1-2-4-9(7)15)16-6-11(18)17-13(8)19-10/h1-5H,6H2. The van der Waals surface area contributed by atoms with Crippen LogP contribution in [-0.2, 0) is 0 Å².